The van der Waals surface area contributed by atoms with Gasteiger partial charge in [0.2, 0.25) is 0 Å². The third kappa shape index (κ3) is 3.93. The van der Waals surface area contributed by atoms with E-state index in [0.29, 0.717) is 10.6 Å². The maximum atomic E-state index is 11.8. The van der Waals surface area contributed by atoms with Crippen molar-refractivity contribution >= 4 is 11.6 Å². The van der Waals surface area contributed by atoms with E-state index in [1.165, 1.54) is 12.4 Å². The van der Waals surface area contributed by atoms with Gasteiger partial charge in [-0.25, -0.2) is 0 Å². The van der Waals surface area contributed by atoms with E-state index in [1.54, 1.807) is 6.07 Å². The van der Waals surface area contributed by atoms with Crippen molar-refractivity contribution < 1.29 is 13.2 Å². The molecule has 6 heteroatoms. The topological polar surface area (TPSA) is 24.9 Å². The van der Waals surface area contributed by atoms with Gasteiger partial charge in [0.25, 0.3) is 0 Å². The number of nitrogens with one attached hydrogen (secondary N) is 1. The predicted octanol–water partition coefficient (Wildman–Crippen LogP) is 2.39. The molecular formula is C8H8ClF3N2. The molecule has 0 bridgehead atoms. The van der Waals surface area contributed by atoms with Crippen LogP contribution in [0.15, 0.2) is 18.5 Å². The molecular weight excluding hydrogens is 217 g/mol. The van der Waals surface area contributed by atoms with Gasteiger partial charge in [0.05, 0.1) is 11.6 Å². The average Bonchev–Trinajstić information content (AvgIpc) is 2.06. The summed E-state index contributed by atoms with van der Waals surface area (Å²) < 4.78 is 35.3. The van der Waals surface area contributed by atoms with Gasteiger partial charge in [-0.2, -0.15) is 13.2 Å². The summed E-state index contributed by atoms with van der Waals surface area (Å²) in [5.74, 6) is 0. The Balaban J connectivity index is 2.43. The summed E-state index contributed by atoms with van der Waals surface area (Å²) in [5, 5.41) is 2.61. The zero-order valence-corrected chi connectivity index (χ0v) is 7.86. The molecule has 0 spiro atoms. The summed E-state index contributed by atoms with van der Waals surface area (Å²) >= 11 is 5.69. The molecule has 0 amide bonds. The lowest BCUT2D eigenvalue weighted by Crippen LogP contribution is -2.28. The summed E-state index contributed by atoms with van der Waals surface area (Å²) in [6, 6.07) is 1.58. The Bertz CT molecular complexity index is 301. The van der Waals surface area contributed by atoms with Crippen LogP contribution in [0.3, 0.4) is 0 Å². The largest absolute Gasteiger partial charge is 0.401 e. The highest BCUT2D eigenvalue weighted by Crippen LogP contribution is 2.15. The van der Waals surface area contributed by atoms with E-state index in [1.807, 2.05) is 0 Å². The Labute approximate surface area is 84.1 Å². The minimum atomic E-state index is -4.19. The average molecular weight is 225 g/mol. The number of pyridine rings is 1. The van der Waals surface area contributed by atoms with Crippen molar-refractivity contribution in [2.75, 3.05) is 6.54 Å². The molecule has 0 aromatic carbocycles. The minimum absolute atomic E-state index is 0.0842. The number of alkyl halides is 3. The second-order valence-corrected chi connectivity index (χ2v) is 3.09. The van der Waals surface area contributed by atoms with E-state index < -0.39 is 12.7 Å². The van der Waals surface area contributed by atoms with E-state index in [-0.39, 0.29) is 6.54 Å². The first-order valence-electron chi connectivity index (χ1n) is 3.85. The number of hydrogen-bond acceptors (Lipinski definition) is 2. The van der Waals surface area contributed by atoms with Crippen LogP contribution in [0, 0.1) is 0 Å². The number of aromatic nitrogens is 1. The molecule has 0 fully saturated rings. The molecule has 0 aliphatic heterocycles. The third-order valence-corrected chi connectivity index (χ3v) is 1.84. The van der Waals surface area contributed by atoms with Crippen LogP contribution in [0.1, 0.15) is 5.56 Å². The van der Waals surface area contributed by atoms with Crippen molar-refractivity contribution in [3.8, 4) is 0 Å². The molecule has 0 radical (unpaired) electrons. The fourth-order valence-corrected chi connectivity index (χ4v) is 1.07. The molecule has 0 aliphatic carbocycles. The lowest BCUT2D eigenvalue weighted by molar-refractivity contribution is -0.125. The van der Waals surface area contributed by atoms with Crippen LogP contribution in [-0.2, 0) is 6.54 Å². The van der Waals surface area contributed by atoms with Crippen LogP contribution in [-0.4, -0.2) is 17.7 Å². The maximum Gasteiger partial charge on any atom is 0.401 e. The Morgan fingerprint density at radius 3 is 2.71 bits per heavy atom. The van der Waals surface area contributed by atoms with Crippen LogP contribution in [0.25, 0.3) is 0 Å². The molecule has 78 valence electrons. The summed E-state index contributed by atoms with van der Waals surface area (Å²) in [7, 11) is 0. The van der Waals surface area contributed by atoms with E-state index in [0.717, 1.165) is 0 Å². The van der Waals surface area contributed by atoms with Gasteiger partial charge >= 0.3 is 6.18 Å². The molecule has 2 nitrogen and oxygen atoms in total. The van der Waals surface area contributed by atoms with E-state index in [4.69, 9.17) is 11.6 Å². The SMILES string of the molecule is FC(F)(F)CNCc1ccncc1Cl. The first kappa shape index (κ1) is 11.3. The number of halogens is 4. The molecule has 0 saturated carbocycles. The van der Waals surface area contributed by atoms with Crippen LogP contribution >= 0.6 is 11.6 Å². The van der Waals surface area contributed by atoms with Gasteiger partial charge in [0.1, 0.15) is 0 Å². The zero-order chi connectivity index (χ0) is 10.6. The molecule has 0 unspecified atom stereocenters. The van der Waals surface area contributed by atoms with Gasteiger partial charge < -0.3 is 5.32 Å². The smallest absolute Gasteiger partial charge is 0.305 e. The Hall–Kier alpha value is -0.810. The minimum Gasteiger partial charge on any atom is -0.305 e. The molecule has 1 aromatic heterocycles. The molecule has 1 aromatic rings. The summed E-state index contributed by atoms with van der Waals surface area (Å²) in [4.78, 5) is 3.72. The Kier molecular flexibility index (Phi) is 3.71. The normalized spacial score (nSPS) is 11.7. The Morgan fingerprint density at radius 2 is 2.14 bits per heavy atom. The van der Waals surface area contributed by atoms with E-state index >= 15 is 0 Å². The Morgan fingerprint density at radius 1 is 1.43 bits per heavy atom. The van der Waals surface area contributed by atoms with Crippen molar-refractivity contribution in [3.63, 3.8) is 0 Å². The van der Waals surface area contributed by atoms with Crippen molar-refractivity contribution in [1.82, 2.24) is 10.3 Å². The van der Waals surface area contributed by atoms with Crippen molar-refractivity contribution in [2.45, 2.75) is 12.7 Å². The second kappa shape index (κ2) is 4.61. The van der Waals surface area contributed by atoms with E-state index in [2.05, 4.69) is 10.3 Å². The second-order valence-electron chi connectivity index (χ2n) is 2.69. The molecule has 0 aliphatic rings. The summed E-state index contributed by atoms with van der Waals surface area (Å²) in [6.45, 7) is -0.938. The standard InChI is InChI=1S/C8H8ClF3N2/c9-7-4-13-2-1-6(7)3-14-5-8(10,11)12/h1-2,4,14H,3,5H2. The quantitative estimate of drug-likeness (QED) is 0.853. The predicted molar refractivity (Wildman–Crippen MR) is 47.0 cm³/mol. The lowest BCUT2D eigenvalue weighted by Gasteiger charge is -2.08. The monoisotopic (exact) mass is 224 g/mol. The van der Waals surface area contributed by atoms with Crippen molar-refractivity contribution in [2.24, 2.45) is 0 Å². The molecule has 0 atom stereocenters. The van der Waals surface area contributed by atoms with Gasteiger partial charge in [-0.3, -0.25) is 4.98 Å². The first-order chi connectivity index (χ1) is 6.49. The molecule has 1 N–H and O–H groups in total. The highest BCUT2D eigenvalue weighted by atomic mass is 35.5. The van der Waals surface area contributed by atoms with E-state index in [9.17, 15) is 13.2 Å². The fraction of sp³-hybridized carbons (Fsp3) is 0.375. The molecule has 14 heavy (non-hydrogen) atoms. The third-order valence-electron chi connectivity index (χ3n) is 1.50. The van der Waals surface area contributed by atoms with Crippen molar-refractivity contribution in [3.05, 3.63) is 29.0 Å². The van der Waals surface area contributed by atoms with Gasteiger partial charge in [0, 0.05) is 18.9 Å². The molecule has 0 saturated heterocycles. The number of rotatable bonds is 3. The maximum absolute atomic E-state index is 11.8. The first-order valence-corrected chi connectivity index (χ1v) is 4.23. The molecule has 1 heterocycles. The highest BCUT2D eigenvalue weighted by Gasteiger charge is 2.26. The van der Waals surface area contributed by atoms with Crippen molar-refractivity contribution in [1.29, 1.82) is 0 Å². The van der Waals surface area contributed by atoms with Crippen LogP contribution in [0.5, 0.6) is 0 Å². The van der Waals surface area contributed by atoms with Crippen LogP contribution < -0.4 is 5.32 Å². The van der Waals surface area contributed by atoms with Gasteiger partial charge in [-0.15, -0.1) is 0 Å². The fourth-order valence-electron chi connectivity index (χ4n) is 0.886. The van der Waals surface area contributed by atoms with Gasteiger partial charge in [-0.1, -0.05) is 11.6 Å². The highest BCUT2D eigenvalue weighted by molar-refractivity contribution is 6.31. The van der Waals surface area contributed by atoms with Crippen LogP contribution in [0.4, 0.5) is 13.2 Å². The summed E-state index contributed by atoms with van der Waals surface area (Å²) in [6.07, 6.45) is -1.32. The van der Waals surface area contributed by atoms with Gasteiger partial charge in [0.15, 0.2) is 0 Å². The lowest BCUT2D eigenvalue weighted by atomic mass is 10.2. The summed E-state index contributed by atoms with van der Waals surface area (Å²) in [5.41, 5.74) is 0.603. The van der Waals surface area contributed by atoms with Gasteiger partial charge in [-0.05, 0) is 11.6 Å². The van der Waals surface area contributed by atoms with Crippen LogP contribution in [0.2, 0.25) is 5.02 Å². The number of nitrogens with zero attached hydrogens (tertiary/aromatic N) is 1. The zero-order valence-electron chi connectivity index (χ0n) is 7.11. The number of hydrogen-bond donors (Lipinski definition) is 1. The molecule has 1 rings (SSSR count).